The van der Waals surface area contributed by atoms with Crippen molar-refractivity contribution >= 4 is 5.70 Å². The van der Waals surface area contributed by atoms with Crippen LogP contribution >= 0.6 is 0 Å². The molecule has 96 valence electrons. The number of rotatable bonds is 6. The molecule has 0 aliphatic heterocycles. The lowest BCUT2D eigenvalue weighted by Crippen LogP contribution is -2.19. The van der Waals surface area contributed by atoms with Gasteiger partial charge in [-0.15, -0.1) is 0 Å². The van der Waals surface area contributed by atoms with E-state index in [4.69, 9.17) is 0 Å². The minimum atomic E-state index is 0.512. The summed E-state index contributed by atoms with van der Waals surface area (Å²) in [6.07, 6.45) is 0. The molecule has 5 nitrogen and oxygen atoms in total. The Morgan fingerprint density at radius 2 is 2.12 bits per heavy atom. The highest BCUT2D eigenvalue weighted by atomic mass is 16.5. The first-order valence-electron chi connectivity index (χ1n) is 5.86. The number of hydroxylamine groups is 2. The second kappa shape index (κ2) is 5.84. The molecule has 1 rings (SSSR count). The van der Waals surface area contributed by atoms with Crippen LogP contribution in [0.5, 0.6) is 0 Å². The zero-order valence-corrected chi connectivity index (χ0v) is 11.1. The second-order valence-corrected chi connectivity index (χ2v) is 4.14. The van der Waals surface area contributed by atoms with Crippen molar-refractivity contribution in [1.82, 2.24) is 19.7 Å². The largest absolute Gasteiger partial charge is 0.301 e. The van der Waals surface area contributed by atoms with Gasteiger partial charge >= 0.3 is 0 Å². The lowest BCUT2D eigenvalue weighted by molar-refractivity contribution is 0.000713. The fourth-order valence-corrected chi connectivity index (χ4v) is 1.55. The maximum atomic E-state index is 9.35. The molecule has 1 aromatic heterocycles. The van der Waals surface area contributed by atoms with Crippen LogP contribution in [0.2, 0.25) is 0 Å². The van der Waals surface area contributed by atoms with Crippen LogP contribution in [-0.2, 0) is 13.1 Å². The van der Waals surface area contributed by atoms with E-state index in [1.165, 1.54) is 0 Å². The quantitative estimate of drug-likeness (QED) is 0.765. The Morgan fingerprint density at radius 1 is 1.47 bits per heavy atom. The van der Waals surface area contributed by atoms with Crippen molar-refractivity contribution in [3.63, 3.8) is 0 Å². The van der Waals surface area contributed by atoms with Gasteiger partial charge in [0.15, 0.2) is 0 Å². The fourth-order valence-electron chi connectivity index (χ4n) is 1.55. The second-order valence-electron chi connectivity index (χ2n) is 4.14. The highest BCUT2D eigenvalue weighted by Gasteiger charge is 2.12. The van der Waals surface area contributed by atoms with Gasteiger partial charge in [0.05, 0.1) is 11.4 Å². The minimum absolute atomic E-state index is 0.512. The Kier molecular flexibility index (Phi) is 4.72. The molecule has 1 heterocycles. The monoisotopic (exact) mass is 238 g/mol. The van der Waals surface area contributed by atoms with Gasteiger partial charge in [-0.2, -0.15) is 5.10 Å². The van der Waals surface area contributed by atoms with E-state index in [9.17, 15) is 5.21 Å². The number of aryl methyl sites for hydroxylation is 1. The Bertz CT molecular complexity index is 384. The van der Waals surface area contributed by atoms with Gasteiger partial charge in [-0.25, -0.2) is 0 Å². The molecule has 0 atom stereocenters. The summed E-state index contributed by atoms with van der Waals surface area (Å²) in [6, 6.07) is 1.98. The molecule has 0 fully saturated rings. The smallest absolute Gasteiger partial charge is 0.110 e. The van der Waals surface area contributed by atoms with Crippen molar-refractivity contribution in [3.05, 3.63) is 24.0 Å². The van der Waals surface area contributed by atoms with Crippen molar-refractivity contribution in [2.45, 2.75) is 26.9 Å². The van der Waals surface area contributed by atoms with E-state index in [0.717, 1.165) is 36.1 Å². The molecule has 5 heteroatoms. The predicted molar refractivity (Wildman–Crippen MR) is 68.5 cm³/mol. The molecular formula is C12H22N4O. The first-order valence-corrected chi connectivity index (χ1v) is 5.86. The average Bonchev–Trinajstić information content (AvgIpc) is 2.70. The van der Waals surface area contributed by atoms with Crippen molar-refractivity contribution in [2.75, 3.05) is 20.6 Å². The molecule has 0 saturated carbocycles. The number of aromatic nitrogens is 2. The summed E-state index contributed by atoms with van der Waals surface area (Å²) in [6.45, 7) is 10.6. The molecule has 0 aliphatic carbocycles. The van der Waals surface area contributed by atoms with E-state index in [-0.39, 0.29) is 0 Å². The summed E-state index contributed by atoms with van der Waals surface area (Å²) in [4.78, 5) is 2.21. The lowest BCUT2D eigenvalue weighted by atomic mass is 10.3. The van der Waals surface area contributed by atoms with Crippen LogP contribution < -0.4 is 0 Å². The third kappa shape index (κ3) is 3.31. The number of hydrogen-bond donors (Lipinski definition) is 1. The SMILES string of the molecule is C=C(c1cc(CN(C)CC)n(CC)n1)N(C)O. The van der Waals surface area contributed by atoms with E-state index in [1.54, 1.807) is 7.05 Å². The third-order valence-corrected chi connectivity index (χ3v) is 2.82. The van der Waals surface area contributed by atoms with E-state index in [1.807, 2.05) is 10.7 Å². The molecule has 1 N–H and O–H groups in total. The Hall–Kier alpha value is -1.33. The van der Waals surface area contributed by atoms with Gasteiger partial charge in [-0.1, -0.05) is 13.5 Å². The maximum absolute atomic E-state index is 9.35. The highest BCUT2D eigenvalue weighted by molar-refractivity contribution is 5.57. The Morgan fingerprint density at radius 3 is 2.59 bits per heavy atom. The van der Waals surface area contributed by atoms with Crippen LogP contribution in [0.1, 0.15) is 25.2 Å². The van der Waals surface area contributed by atoms with Gasteiger partial charge in [0.2, 0.25) is 0 Å². The van der Waals surface area contributed by atoms with Gasteiger partial charge in [0.1, 0.15) is 5.69 Å². The third-order valence-electron chi connectivity index (χ3n) is 2.82. The van der Waals surface area contributed by atoms with E-state index >= 15 is 0 Å². The maximum Gasteiger partial charge on any atom is 0.110 e. The molecule has 0 unspecified atom stereocenters. The predicted octanol–water partition coefficient (Wildman–Crippen LogP) is 1.65. The molecule has 17 heavy (non-hydrogen) atoms. The summed E-state index contributed by atoms with van der Waals surface area (Å²) < 4.78 is 1.94. The minimum Gasteiger partial charge on any atom is -0.301 e. The Balaban J connectivity index is 2.94. The first-order chi connectivity index (χ1) is 7.99. The molecular weight excluding hydrogens is 216 g/mol. The molecule has 0 aliphatic rings. The van der Waals surface area contributed by atoms with E-state index < -0.39 is 0 Å². The summed E-state index contributed by atoms with van der Waals surface area (Å²) >= 11 is 0. The van der Waals surface area contributed by atoms with E-state index in [0.29, 0.717) is 5.70 Å². The van der Waals surface area contributed by atoms with Crippen LogP contribution in [0.3, 0.4) is 0 Å². The van der Waals surface area contributed by atoms with Gasteiger partial charge in [-0.05, 0) is 26.6 Å². The number of nitrogens with zero attached hydrogens (tertiary/aromatic N) is 4. The standard InChI is InChI=1S/C12H22N4O/c1-6-14(4)9-11-8-12(10(3)15(5)17)13-16(11)7-2/h8,17H,3,6-7,9H2,1-2,4-5H3. The zero-order valence-electron chi connectivity index (χ0n) is 11.1. The summed E-state index contributed by atoms with van der Waals surface area (Å²) in [7, 11) is 3.62. The van der Waals surface area contributed by atoms with Crippen molar-refractivity contribution < 1.29 is 5.21 Å². The molecule has 0 bridgehead atoms. The lowest BCUT2D eigenvalue weighted by Gasteiger charge is -2.14. The van der Waals surface area contributed by atoms with Crippen LogP contribution in [0, 0.1) is 0 Å². The fraction of sp³-hybridized carbons (Fsp3) is 0.583. The van der Waals surface area contributed by atoms with Crippen molar-refractivity contribution in [3.8, 4) is 0 Å². The van der Waals surface area contributed by atoms with Gasteiger partial charge in [-0.3, -0.25) is 15.0 Å². The normalized spacial score (nSPS) is 10.9. The summed E-state index contributed by atoms with van der Waals surface area (Å²) in [5.41, 5.74) is 2.36. The van der Waals surface area contributed by atoms with Crippen molar-refractivity contribution in [1.29, 1.82) is 0 Å². The molecule has 0 saturated heterocycles. The average molecular weight is 238 g/mol. The van der Waals surface area contributed by atoms with Crippen molar-refractivity contribution in [2.24, 2.45) is 0 Å². The zero-order chi connectivity index (χ0) is 13.0. The van der Waals surface area contributed by atoms with Gasteiger partial charge in [0.25, 0.3) is 0 Å². The molecule has 1 aromatic rings. The summed E-state index contributed by atoms with van der Waals surface area (Å²) in [5.74, 6) is 0. The topological polar surface area (TPSA) is 44.5 Å². The first kappa shape index (κ1) is 13.7. The molecule has 0 aromatic carbocycles. The van der Waals surface area contributed by atoms with Gasteiger partial charge < -0.3 is 4.90 Å². The van der Waals surface area contributed by atoms with Gasteiger partial charge in [0, 0.05) is 20.1 Å². The van der Waals surface area contributed by atoms with E-state index in [2.05, 4.69) is 37.5 Å². The van der Waals surface area contributed by atoms with Crippen LogP contribution in [0.15, 0.2) is 12.6 Å². The van der Waals surface area contributed by atoms with Crippen LogP contribution in [0.25, 0.3) is 5.70 Å². The molecule has 0 amide bonds. The Labute approximate surface area is 103 Å². The highest BCUT2D eigenvalue weighted by Crippen LogP contribution is 2.15. The number of hydrogen-bond acceptors (Lipinski definition) is 4. The molecule has 0 spiro atoms. The molecule has 0 radical (unpaired) electrons. The summed E-state index contributed by atoms with van der Waals surface area (Å²) in [5, 5.41) is 14.8. The van der Waals surface area contributed by atoms with Crippen LogP contribution in [-0.4, -0.2) is 45.6 Å². The van der Waals surface area contributed by atoms with Crippen LogP contribution in [0.4, 0.5) is 0 Å².